The van der Waals surface area contributed by atoms with Gasteiger partial charge in [-0.15, -0.1) is 0 Å². The van der Waals surface area contributed by atoms with Gasteiger partial charge in [-0.2, -0.15) is 0 Å². The number of nitrogens with zero attached hydrogens (tertiary/aromatic N) is 2. The summed E-state index contributed by atoms with van der Waals surface area (Å²) in [4.78, 5) is 6.37. The molecule has 1 atom stereocenters. The van der Waals surface area contributed by atoms with Gasteiger partial charge in [0.2, 0.25) is 5.96 Å². The van der Waals surface area contributed by atoms with E-state index in [4.69, 9.17) is 11.5 Å². The second kappa shape index (κ2) is 4.44. The zero-order valence-electron chi connectivity index (χ0n) is 10.1. The van der Waals surface area contributed by atoms with E-state index < -0.39 is 0 Å². The first-order valence-electron chi connectivity index (χ1n) is 6.14. The standard InChI is InChI=1S/C13H17N5/c14-12-10-8-16-7-6-11(10)17-13(15)18(12)9-4-2-1-3-5-9/h1-5,12,16H,6-8,14H2,(H2,15,17). The fourth-order valence-electron chi connectivity index (χ4n) is 2.47. The van der Waals surface area contributed by atoms with Crippen LogP contribution < -0.4 is 21.7 Å². The summed E-state index contributed by atoms with van der Waals surface area (Å²) in [7, 11) is 0. The minimum Gasteiger partial charge on any atom is -0.369 e. The number of hydrogen-bond acceptors (Lipinski definition) is 5. The Kier molecular flexibility index (Phi) is 2.77. The van der Waals surface area contributed by atoms with Crippen LogP contribution in [0, 0.1) is 0 Å². The summed E-state index contributed by atoms with van der Waals surface area (Å²) in [6, 6.07) is 9.89. The highest BCUT2D eigenvalue weighted by molar-refractivity contribution is 5.97. The van der Waals surface area contributed by atoms with Gasteiger partial charge in [-0.3, -0.25) is 4.90 Å². The van der Waals surface area contributed by atoms with Crippen molar-refractivity contribution >= 4 is 11.6 Å². The average molecular weight is 243 g/mol. The van der Waals surface area contributed by atoms with Gasteiger partial charge in [0.05, 0.1) is 0 Å². The van der Waals surface area contributed by atoms with Gasteiger partial charge < -0.3 is 16.8 Å². The molecule has 0 fully saturated rings. The molecule has 1 aromatic rings. The monoisotopic (exact) mass is 243 g/mol. The molecule has 0 spiro atoms. The normalized spacial score (nSPS) is 23.7. The van der Waals surface area contributed by atoms with Crippen LogP contribution in [-0.2, 0) is 0 Å². The van der Waals surface area contributed by atoms with Crippen LogP contribution in [-0.4, -0.2) is 25.2 Å². The Morgan fingerprint density at radius 3 is 2.83 bits per heavy atom. The molecule has 5 N–H and O–H groups in total. The summed E-state index contributed by atoms with van der Waals surface area (Å²) in [6.07, 6.45) is 0.666. The Balaban J connectivity index is 2.00. The molecule has 3 rings (SSSR count). The molecule has 0 bridgehead atoms. The van der Waals surface area contributed by atoms with E-state index in [9.17, 15) is 0 Å². The molecule has 0 amide bonds. The summed E-state index contributed by atoms with van der Waals surface area (Å²) in [6.45, 7) is 1.73. The van der Waals surface area contributed by atoms with Crippen LogP contribution in [0.4, 0.5) is 5.69 Å². The van der Waals surface area contributed by atoms with Crippen molar-refractivity contribution in [2.45, 2.75) is 12.6 Å². The lowest BCUT2D eigenvalue weighted by atomic mass is 10.0. The van der Waals surface area contributed by atoms with E-state index in [1.165, 1.54) is 0 Å². The third-order valence-corrected chi connectivity index (χ3v) is 3.39. The van der Waals surface area contributed by atoms with E-state index in [1.54, 1.807) is 0 Å². The number of benzene rings is 1. The highest BCUT2D eigenvalue weighted by Crippen LogP contribution is 2.26. The lowest BCUT2D eigenvalue weighted by Gasteiger charge is -2.37. The second-order valence-corrected chi connectivity index (χ2v) is 4.52. The van der Waals surface area contributed by atoms with Crippen molar-refractivity contribution < 1.29 is 0 Å². The van der Waals surface area contributed by atoms with E-state index >= 15 is 0 Å². The van der Waals surface area contributed by atoms with E-state index in [1.807, 2.05) is 35.2 Å². The van der Waals surface area contributed by atoms with Crippen LogP contribution in [0.3, 0.4) is 0 Å². The summed E-state index contributed by atoms with van der Waals surface area (Å²) in [5.74, 6) is 0.481. The largest absolute Gasteiger partial charge is 0.369 e. The quantitative estimate of drug-likeness (QED) is 0.665. The minimum absolute atomic E-state index is 0.229. The molecule has 5 nitrogen and oxygen atoms in total. The lowest BCUT2D eigenvalue weighted by molar-refractivity contribution is 0.607. The van der Waals surface area contributed by atoms with Crippen LogP contribution in [0.25, 0.3) is 0 Å². The van der Waals surface area contributed by atoms with Crippen LogP contribution in [0.2, 0.25) is 0 Å². The number of para-hydroxylation sites is 1. The molecule has 0 radical (unpaired) electrons. The third kappa shape index (κ3) is 1.77. The highest BCUT2D eigenvalue weighted by atomic mass is 15.3. The predicted molar refractivity (Wildman–Crippen MR) is 73.0 cm³/mol. The van der Waals surface area contributed by atoms with Crippen LogP contribution in [0.1, 0.15) is 6.42 Å². The molecule has 1 unspecified atom stereocenters. The molecule has 2 heterocycles. The van der Waals surface area contributed by atoms with Gasteiger partial charge >= 0.3 is 0 Å². The maximum atomic E-state index is 6.32. The molecule has 18 heavy (non-hydrogen) atoms. The van der Waals surface area contributed by atoms with Gasteiger partial charge in [0, 0.05) is 36.5 Å². The second-order valence-electron chi connectivity index (χ2n) is 4.52. The third-order valence-electron chi connectivity index (χ3n) is 3.39. The SMILES string of the molecule is NC1=NC2=C(CNCC2)C(N)N1c1ccccc1. The molecule has 1 aromatic carbocycles. The molecule has 0 saturated carbocycles. The van der Waals surface area contributed by atoms with Gasteiger partial charge in [-0.25, -0.2) is 4.99 Å². The number of aliphatic imine (C=N–C) groups is 1. The lowest BCUT2D eigenvalue weighted by Crippen LogP contribution is -2.55. The van der Waals surface area contributed by atoms with E-state index in [0.29, 0.717) is 5.96 Å². The number of nitrogens with two attached hydrogens (primary N) is 2. The summed E-state index contributed by atoms with van der Waals surface area (Å²) < 4.78 is 0. The molecule has 2 aliphatic rings. The number of guanidine groups is 1. The highest BCUT2D eigenvalue weighted by Gasteiger charge is 2.30. The van der Waals surface area contributed by atoms with E-state index in [-0.39, 0.29) is 6.17 Å². The Hall–Kier alpha value is -1.85. The van der Waals surface area contributed by atoms with Gasteiger partial charge in [0.25, 0.3) is 0 Å². The Labute approximate surface area is 106 Å². The molecule has 0 aliphatic carbocycles. The molecule has 94 valence electrons. The maximum absolute atomic E-state index is 6.32. The van der Waals surface area contributed by atoms with Crippen LogP contribution in [0.15, 0.2) is 46.6 Å². The Morgan fingerprint density at radius 1 is 1.28 bits per heavy atom. The first-order chi connectivity index (χ1) is 8.77. The van der Waals surface area contributed by atoms with Gasteiger partial charge in [-0.1, -0.05) is 18.2 Å². The number of nitrogens with one attached hydrogen (secondary N) is 1. The van der Waals surface area contributed by atoms with Crippen molar-refractivity contribution in [1.82, 2.24) is 5.32 Å². The van der Waals surface area contributed by atoms with Gasteiger partial charge in [0.15, 0.2) is 0 Å². The van der Waals surface area contributed by atoms with Gasteiger partial charge in [0.1, 0.15) is 6.17 Å². The van der Waals surface area contributed by atoms with Crippen molar-refractivity contribution in [3.8, 4) is 0 Å². The zero-order chi connectivity index (χ0) is 12.5. The molecular formula is C13H17N5. The fraction of sp³-hybridized carbons (Fsp3) is 0.308. The molecule has 0 saturated heterocycles. The van der Waals surface area contributed by atoms with E-state index in [0.717, 1.165) is 36.5 Å². The van der Waals surface area contributed by atoms with Crippen molar-refractivity contribution in [3.05, 3.63) is 41.6 Å². The van der Waals surface area contributed by atoms with Crippen molar-refractivity contribution in [2.24, 2.45) is 16.5 Å². The van der Waals surface area contributed by atoms with Crippen molar-refractivity contribution in [2.75, 3.05) is 18.0 Å². The van der Waals surface area contributed by atoms with Gasteiger partial charge in [-0.05, 0) is 12.1 Å². The summed E-state index contributed by atoms with van der Waals surface area (Å²) >= 11 is 0. The number of anilines is 1. The van der Waals surface area contributed by atoms with Crippen LogP contribution >= 0.6 is 0 Å². The average Bonchev–Trinajstić information content (AvgIpc) is 2.40. The topological polar surface area (TPSA) is 79.7 Å². The molecular weight excluding hydrogens is 226 g/mol. The van der Waals surface area contributed by atoms with Crippen LogP contribution in [0.5, 0.6) is 0 Å². The summed E-state index contributed by atoms with van der Waals surface area (Å²) in [5.41, 5.74) is 15.5. The van der Waals surface area contributed by atoms with E-state index in [2.05, 4.69) is 10.3 Å². The molecule has 2 aliphatic heterocycles. The number of rotatable bonds is 1. The predicted octanol–water partition coefficient (Wildman–Crippen LogP) is 0.354. The fourth-order valence-corrected chi connectivity index (χ4v) is 2.47. The first kappa shape index (κ1) is 11.3. The Morgan fingerprint density at radius 2 is 2.06 bits per heavy atom. The zero-order valence-corrected chi connectivity index (χ0v) is 10.1. The smallest absolute Gasteiger partial charge is 0.202 e. The molecule has 5 heteroatoms. The maximum Gasteiger partial charge on any atom is 0.202 e. The minimum atomic E-state index is -0.229. The first-order valence-corrected chi connectivity index (χ1v) is 6.14. The summed E-state index contributed by atoms with van der Waals surface area (Å²) in [5, 5.41) is 3.33. The Bertz CT molecular complexity index is 505. The molecule has 0 aromatic heterocycles. The van der Waals surface area contributed by atoms with Crippen molar-refractivity contribution in [3.63, 3.8) is 0 Å². The van der Waals surface area contributed by atoms with Crippen molar-refractivity contribution in [1.29, 1.82) is 0 Å². The number of hydrogen-bond donors (Lipinski definition) is 3.